The lowest BCUT2D eigenvalue weighted by molar-refractivity contribution is 0.161. The Hall–Kier alpha value is -2.94. The molecule has 0 spiro atoms. The molecular weight excluding hydrogens is 379 g/mol. The first-order valence-electron chi connectivity index (χ1n) is 9.50. The Morgan fingerprint density at radius 2 is 1.31 bits per heavy atom. The number of hydrogen-bond acceptors (Lipinski definition) is 3. The second-order valence-electron chi connectivity index (χ2n) is 6.88. The molecule has 1 heterocycles. The second kappa shape index (κ2) is 8.20. The largest absolute Gasteiger partial charge is 0.367 e. The summed E-state index contributed by atoms with van der Waals surface area (Å²) < 4.78 is 22.6. The zero-order chi connectivity index (χ0) is 20.3. The third-order valence-electron chi connectivity index (χ3n) is 4.95. The molecule has 0 aliphatic rings. The summed E-state index contributed by atoms with van der Waals surface area (Å²) in [6.07, 6.45) is 0. The highest BCUT2D eigenvalue weighted by atomic mass is 31.2. The topological polar surface area (TPSA) is 44.1 Å². The molecule has 0 radical (unpaired) electrons. The van der Waals surface area contributed by atoms with Crippen LogP contribution in [0.15, 0.2) is 97.1 Å². The summed E-state index contributed by atoms with van der Waals surface area (Å²) in [4.78, 5) is 0. The van der Waals surface area contributed by atoms with Crippen LogP contribution >= 0.6 is 7.14 Å². The maximum absolute atomic E-state index is 14.8. The van der Waals surface area contributed by atoms with E-state index in [1.54, 1.807) is 7.11 Å². The average Bonchev–Trinajstić information content (AvgIpc) is 3.17. The highest BCUT2D eigenvalue weighted by Gasteiger charge is 2.40. The maximum atomic E-state index is 14.8. The van der Waals surface area contributed by atoms with E-state index < -0.39 is 13.0 Å². The van der Waals surface area contributed by atoms with Gasteiger partial charge in [-0.05, 0) is 25.1 Å². The fraction of sp³-hybridized carbons (Fsp3) is 0.125. The Balaban J connectivity index is 1.95. The molecule has 0 N–H and O–H groups in total. The number of aryl methyl sites for hydroxylation is 1. The van der Waals surface area contributed by atoms with Crippen molar-refractivity contribution in [2.75, 3.05) is 7.11 Å². The first-order chi connectivity index (χ1) is 14.1. The summed E-state index contributed by atoms with van der Waals surface area (Å²) in [5, 5.41) is 6.19. The SMILES string of the molecule is COC(c1cc(C)nn1-c1ccccc1)P(=O)(c1ccccc1)c1ccccc1. The lowest BCUT2D eigenvalue weighted by Crippen LogP contribution is -2.24. The summed E-state index contributed by atoms with van der Waals surface area (Å²) in [6.45, 7) is 1.94. The van der Waals surface area contributed by atoms with Crippen molar-refractivity contribution in [3.8, 4) is 5.69 Å². The zero-order valence-electron chi connectivity index (χ0n) is 16.5. The van der Waals surface area contributed by atoms with Crippen molar-refractivity contribution in [1.29, 1.82) is 0 Å². The first-order valence-corrected chi connectivity index (χ1v) is 11.3. The van der Waals surface area contributed by atoms with Crippen LogP contribution in [0.1, 0.15) is 17.2 Å². The van der Waals surface area contributed by atoms with Gasteiger partial charge in [0.1, 0.15) is 0 Å². The monoisotopic (exact) mass is 402 g/mol. The van der Waals surface area contributed by atoms with Gasteiger partial charge in [-0.1, -0.05) is 78.9 Å². The minimum atomic E-state index is -3.17. The molecule has 5 heteroatoms. The van der Waals surface area contributed by atoms with Crippen molar-refractivity contribution < 1.29 is 9.30 Å². The van der Waals surface area contributed by atoms with Gasteiger partial charge in [-0.2, -0.15) is 5.10 Å². The number of aromatic nitrogens is 2. The Morgan fingerprint density at radius 1 is 0.828 bits per heavy atom. The number of para-hydroxylation sites is 1. The molecule has 4 aromatic rings. The van der Waals surface area contributed by atoms with Crippen molar-refractivity contribution in [3.05, 3.63) is 108 Å². The number of ether oxygens (including phenoxy) is 1. The summed E-state index contributed by atoms with van der Waals surface area (Å²) in [5.74, 6) is -0.672. The molecule has 0 saturated heterocycles. The van der Waals surface area contributed by atoms with E-state index in [1.807, 2.05) is 109 Å². The van der Waals surface area contributed by atoms with E-state index in [0.29, 0.717) is 0 Å². The summed E-state index contributed by atoms with van der Waals surface area (Å²) >= 11 is 0. The molecular formula is C24H23N2O2P. The molecule has 1 atom stereocenters. The number of hydrogen-bond donors (Lipinski definition) is 0. The summed E-state index contributed by atoms with van der Waals surface area (Å²) in [5.41, 5.74) is 2.52. The van der Waals surface area contributed by atoms with Crippen LogP contribution in [0, 0.1) is 6.92 Å². The van der Waals surface area contributed by atoms with Gasteiger partial charge in [-0.25, -0.2) is 4.68 Å². The van der Waals surface area contributed by atoms with Crippen molar-refractivity contribution in [2.24, 2.45) is 0 Å². The standard InChI is InChI=1S/C24H23N2O2P/c1-19-18-23(26(25-19)20-12-6-3-7-13-20)24(28-2)29(27,21-14-8-4-9-15-21)22-16-10-5-11-17-22/h3-18,24H,1-2H3. The average molecular weight is 402 g/mol. The van der Waals surface area contributed by atoms with Gasteiger partial charge in [0.15, 0.2) is 13.0 Å². The highest BCUT2D eigenvalue weighted by molar-refractivity contribution is 7.78. The van der Waals surface area contributed by atoms with E-state index in [-0.39, 0.29) is 0 Å². The summed E-state index contributed by atoms with van der Waals surface area (Å²) in [6, 6.07) is 31.0. The highest BCUT2D eigenvalue weighted by Crippen LogP contribution is 2.57. The van der Waals surface area contributed by atoms with Gasteiger partial charge in [0.25, 0.3) is 0 Å². The van der Waals surface area contributed by atoms with Crippen LogP contribution in [-0.2, 0) is 9.30 Å². The molecule has 4 rings (SSSR count). The van der Waals surface area contributed by atoms with Gasteiger partial charge in [-0.15, -0.1) is 0 Å². The molecule has 0 amide bonds. The molecule has 1 unspecified atom stereocenters. The Kier molecular flexibility index (Phi) is 5.48. The zero-order valence-corrected chi connectivity index (χ0v) is 17.4. The van der Waals surface area contributed by atoms with Gasteiger partial charge >= 0.3 is 0 Å². The van der Waals surface area contributed by atoms with Crippen molar-refractivity contribution in [1.82, 2.24) is 9.78 Å². The quantitative estimate of drug-likeness (QED) is 0.434. The van der Waals surface area contributed by atoms with Crippen LogP contribution in [0.3, 0.4) is 0 Å². The smallest absolute Gasteiger partial charge is 0.176 e. The number of nitrogens with zero attached hydrogens (tertiary/aromatic N) is 2. The Labute approximate surface area is 171 Å². The van der Waals surface area contributed by atoms with Crippen LogP contribution in [0.4, 0.5) is 0 Å². The van der Waals surface area contributed by atoms with Gasteiger partial charge in [0, 0.05) is 17.7 Å². The van der Waals surface area contributed by atoms with E-state index in [4.69, 9.17) is 4.74 Å². The van der Waals surface area contributed by atoms with Crippen LogP contribution in [0.2, 0.25) is 0 Å². The van der Waals surface area contributed by atoms with E-state index in [2.05, 4.69) is 5.10 Å². The third kappa shape index (κ3) is 3.57. The third-order valence-corrected chi connectivity index (χ3v) is 8.21. The number of methoxy groups -OCH3 is 1. The number of rotatable bonds is 6. The first kappa shape index (κ1) is 19.4. The molecule has 0 saturated carbocycles. The molecule has 0 fully saturated rings. The van der Waals surface area contributed by atoms with Crippen molar-refractivity contribution in [2.45, 2.75) is 12.8 Å². The van der Waals surface area contributed by atoms with Crippen LogP contribution in [0.25, 0.3) is 5.69 Å². The fourth-order valence-electron chi connectivity index (χ4n) is 3.65. The molecule has 4 nitrogen and oxygen atoms in total. The molecule has 3 aromatic carbocycles. The Morgan fingerprint density at radius 3 is 1.79 bits per heavy atom. The predicted octanol–water partition coefficient (Wildman–Crippen LogP) is 4.84. The van der Waals surface area contributed by atoms with Gasteiger partial charge in [0.2, 0.25) is 0 Å². The molecule has 29 heavy (non-hydrogen) atoms. The van der Waals surface area contributed by atoms with Crippen LogP contribution < -0.4 is 10.6 Å². The van der Waals surface area contributed by atoms with E-state index in [0.717, 1.165) is 27.7 Å². The molecule has 0 aliphatic carbocycles. The normalized spacial score (nSPS) is 12.6. The van der Waals surface area contributed by atoms with Crippen LogP contribution in [-0.4, -0.2) is 16.9 Å². The lowest BCUT2D eigenvalue weighted by Gasteiger charge is -2.28. The van der Waals surface area contributed by atoms with Crippen LogP contribution in [0.5, 0.6) is 0 Å². The maximum Gasteiger partial charge on any atom is 0.176 e. The number of benzene rings is 3. The Bertz CT molecular complexity index is 1080. The van der Waals surface area contributed by atoms with Gasteiger partial charge in [-0.3, -0.25) is 0 Å². The van der Waals surface area contributed by atoms with E-state index in [9.17, 15) is 4.57 Å². The summed E-state index contributed by atoms with van der Waals surface area (Å²) in [7, 11) is -1.56. The van der Waals surface area contributed by atoms with Gasteiger partial charge in [0.05, 0.1) is 17.1 Å². The fourth-order valence-corrected chi connectivity index (χ4v) is 6.57. The minimum absolute atomic E-state index is 0.672. The molecule has 146 valence electrons. The lowest BCUT2D eigenvalue weighted by atomic mass is 10.3. The van der Waals surface area contributed by atoms with Gasteiger partial charge < -0.3 is 9.30 Å². The minimum Gasteiger partial charge on any atom is -0.367 e. The second-order valence-corrected chi connectivity index (χ2v) is 9.69. The van der Waals surface area contributed by atoms with E-state index in [1.165, 1.54) is 0 Å². The molecule has 0 aliphatic heterocycles. The predicted molar refractivity (Wildman–Crippen MR) is 118 cm³/mol. The van der Waals surface area contributed by atoms with Crippen molar-refractivity contribution >= 4 is 17.8 Å². The molecule has 0 bridgehead atoms. The molecule has 1 aromatic heterocycles. The van der Waals surface area contributed by atoms with E-state index >= 15 is 0 Å². The van der Waals surface area contributed by atoms with Crippen molar-refractivity contribution in [3.63, 3.8) is 0 Å².